The Balaban J connectivity index is 1.80. The summed E-state index contributed by atoms with van der Waals surface area (Å²) in [7, 11) is 0. The molecule has 88 valence electrons. The second-order valence-electron chi connectivity index (χ2n) is 4.40. The van der Waals surface area contributed by atoms with Crippen LogP contribution in [-0.2, 0) is 0 Å². The summed E-state index contributed by atoms with van der Waals surface area (Å²) in [6, 6.07) is 3.84. The van der Waals surface area contributed by atoms with Crippen LogP contribution in [0.25, 0.3) is 0 Å². The summed E-state index contributed by atoms with van der Waals surface area (Å²) < 4.78 is 0. The first-order chi connectivity index (χ1) is 7.78. The van der Waals surface area contributed by atoms with Crippen molar-refractivity contribution in [2.45, 2.75) is 13.3 Å². The predicted octanol–water partition coefficient (Wildman–Crippen LogP) is 1.42. The van der Waals surface area contributed by atoms with Crippen molar-refractivity contribution < 1.29 is 0 Å². The van der Waals surface area contributed by atoms with Crippen molar-refractivity contribution in [1.29, 1.82) is 0 Å². The van der Waals surface area contributed by atoms with Gasteiger partial charge in [-0.05, 0) is 31.5 Å². The third-order valence-corrected chi connectivity index (χ3v) is 3.19. The highest BCUT2D eigenvalue weighted by Crippen LogP contribution is 2.17. The molecule has 1 fully saturated rings. The number of rotatable bonds is 4. The van der Waals surface area contributed by atoms with E-state index in [9.17, 15) is 0 Å². The van der Waals surface area contributed by atoms with Gasteiger partial charge in [0, 0.05) is 31.0 Å². The number of hydrogen-bond donors (Lipinski definition) is 2. The molecule has 0 saturated carbocycles. The molecular formula is C12H20N4. The quantitative estimate of drug-likeness (QED) is 0.805. The Morgan fingerprint density at radius 2 is 2.50 bits per heavy atom. The van der Waals surface area contributed by atoms with E-state index in [4.69, 9.17) is 5.73 Å². The Bertz CT molecular complexity index is 340. The average molecular weight is 220 g/mol. The monoisotopic (exact) mass is 220 g/mol. The summed E-state index contributed by atoms with van der Waals surface area (Å²) in [5.41, 5.74) is 6.70. The van der Waals surface area contributed by atoms with Crippen LogP contribution in [0.5, 0.6) is 0 Å². The molecule has 1 saturated heterocycles. The first-order valence-corrected chi connectivity index (χ1v) is 5.95. The molecule has 0 amide bonds. The molecule has 0 spiro atoms. The molecule has 0 radical (unpaired) electrons. The molecule has 4 nitrogen and oxygen atoms in total. The lowest BCUT2D eigenvalue weighted by atomic mass is 10.1. The van der Waals surface area contributed by atoms with Gasteiger partial charge in [-0.1, -0.05) is 6.92 Å². The van der Waals surface area contributed by atoms with Crippen LogP contribution in [0.15, 0.2) is 18.3 Å². The molecule has 0 bridgehead atoms. The number of likely N-dealkylation sites (tertiary alicyclic amines) is 1. The number of anilines is 2. The summed E-state index contributed by atoms with van der Waals surface area (Å²) in [5.74, 6) is 1.33. The first kappa shape index (κ1) is 11.2. The van der Waals surface area contributed by atoms with Crippen molar-refractivity contribution in [3.63, 3.8) is 0 Å². The van der Waals surface area contributed by atoms with Gasteiger partial charge in [0.2, 0.25) is 0 Å². The normalized spacial score (nSPS) is 21.2. The van der Waals surface area contributed by atoms with Crippen molar-refractivity contribution in [2.24, 2.45) is 5.92 Å². The summed E-state index contributed by atoms with van der Waals surface area (Å²) >= 11 is 0. The van der Waals surface area contributed by atoms with Gasteiger partial charge in [-0.25, -0.2) is 4.98 Å². The van der Waals surface area contributed by atoms with E-state index in [1.54, 1.807) is 6.20 Å². The Morgan fingerprint density at radius 3 is 3.19 bits per heavy atom. The zero-order chi connectivity index (χ0) is 11.4. The highest BCUT2D eigenvalue weighted by molar-refractivity contribution is 5.49. The minimum Gasteiger partial charge on any atom is -0.385 e. The number of nitrogens with zero attached hydrogens (tertiary/aromatic N) is 2. The fourth-order valence-electron chi connectivity index (χ4n) is 2.19. The number of nitrogens with two attached hydrogens (primary N) is 1. The highest BCUT2D eigenvalue weighted by atomic mass is 15.1. The fraction of sp³-hybridized carbons (Fsp3) is 0.583. The van der Waals surface area contributed by atoms with Crippen LogP contribution >= 0.6 is 0 Å². The van der Waals surface area contributed by atoms with Crippen LogP contribution in [0.4, 0.5) is 11.5 Å². The molecule has 1 aromatic heterocycles. The fourth-order valence-corrected chi connectivity index (χ4v) is 2.19. The molecule has 3 N–H and O–H groups in total. The van der Waals surface area contributed by atoms with Gasteiger partial charge in [-0.15, -0.1) is 0 Å². The minimum absolute atomic E-state index is 0.576. The Kier molecular flexibility index (Phi) is 3.62. The van der Waals surface area contributed by atoms with Crippen LogP contribution in [-0.4, -0.2) is 36.1 Å². The number of aromatic nitrogens is 1. The Hall–Kier alpha value is -1.29. The van der Waals surface area contributed by atoms with Crippen LogP contribution < -0.4 is 11.1 Å². The predicted molar refractivity (Wildman–Crippen MR) is 67.4 cm³/mol. The van der Waals surface area contributed by atoms with Crippen molar-refractivity contribution in [1.82, 2.24) is 9.88 Å². The van der Waals surface area contributed by atoms with Gasteiger partial charge in [0.25, 0.3) is 0 Å². The van der Waals surface area contributed by atoms with E-state index in [0.717, 1.165) is 18.2 Å². The lowest BCUT2D eigenvalue weighted by molar-refractivity contribution is 0.345. The summed E-state index contributed by atoms with van der Waals surface area (Å²) in [5, 5.41) is 3.43. The second-order valence-corrected chi connectivity index (χ2v) is 4.40. The number of pyridine rings is 1. The minimum atomic E-state index is 0.576. The van der Waals surface area contributed by atoms with E-state index in [-0.39, 0.29) is 0 Å². The van der Waals surface area contributed by atoms with Crippen molar-refractivity contribution in [2.75, 3.05) is 37.2 Å². The summed E-state index contributed by atoms with van der Waals surface area (Å²) in [6.45, 7) is 6.86. The summed E-state index contributed by atoms with van der Waals surface area (Å²) in [6.07, 6.45) is 3.03. The third kappa shape index (κ3) is 2.85. The molecule has 1 aliphatic rings. The zero-order valence-electron chi connectivity index (χ0n) is 9.82. The van der Waals surface area contributed by atoms with Crippen molar-refractivity contribution in [3.05, 3.63) is 18.3 Å². The third-order valence-electron chi connectivity index (χ3n) is 3.19. The molecule has 1 atom stereocenters. The van der Waals surface area contributed by atoms with Gasteiger partial charge in [0.15, 0.2) is 0 Å². The van der Waals surface area contributed by atoms with Gasteiger partial charge < -0.3 is 16.0 Å². The van der Waals surface area contributed by atoms with Crippen molar-refractivity contribution >= 4 is 11.5 Å². The van der Waals surface area contributed by atoms with Crippen LogP contribution in [0.2, 0.25) is 0 Å². The molecule has 2 heterocycles. The van der Waals surface area contributed by atoms with Crippen LogP contribution in [0.3, 0.4) is 0 Å². The highest BCUT2D eigenvalue weighted by Gasteiger charge is 2.20. The van der Waals surface area contributed by atoms with Crippen LogP contribution in [0, 0.1) is 5.92 Å². The lowest BCUT2D eigenvalue weighted by Gasteiger charge is -2.14. The molecule has 1 aromatic rings. The molecule has 0 aromatic carbocycles. The zero-order valence-corrected chi connectivity index (χ0v) is 9.82. The van der Waals surface area contributed by atoms with Crippen LogP contribution in [0.1, 0.15) is 13.3 Å². The van der Waals surface area contributed by atoms with Crippen molar-refractivity contribution in [3.8, 4) is 0 Å². The molecule has 1 unspecified atom stereocenters. The van der Waals surface area contributed by atoms with E-state index in [2.05, 4.69) is 22.1 Å². The largest absolute Gasteiger partial charge is 0.385 e. The smallest absolute Gasteiger partial charge is 0.125 e. The maximum atomic E-state index is 5.63. The molecule has 16 heavy (non-hydrogen) atoms. The SMILES string of the molecule is CCN1CCC(CNc2ccnc(N)c2)C1. The van der Waals surface area contributed by atoms with E-state index in [1.807, 2.05) is 12.1 Å². The number of hydrogen-bond acceptors (Lipinski definition) is 4. The average Bonchev–Trinajstić information content (AvgIpc) is 2.74. The molecule has 2 rings (SSSR count). The van der Waals surface area contributed by atoms with Gasteiger partial charge in [-0.2, -0.15) is 0 Å². The van der Waals surface area contributed by atoms with E-state index in [1.165, 1.54) is 26.1 Å². The lowest BCUT2D eigenvalue weighted by Crippen LogP contribution is -2.22. The van der Waals surface area contributed by atoms with E-state index < -0.39 is 0 Å². The summed E-state index contributed by atoms with van der Waals surface area (Å²) in [4.78, 5) is 6.47. The van der Waals surface area contributed by atoms with Gasteiger partial charge in [0.1, 0.15) is 5.82 Å². The number of nitrogens with one attached hydrogen (secondary N) is 1. The Labute approximate surface area is 96.8 Å². The van der Waals surface area contributed by atoms with Gasteiger partial charge in [-0.3, -0.25) is 0 Å². The maximum absolute atomic E-state index is 5.63. The molecule has 1 aliphatic heterocycles. The van der Waals surface area contributed by atoms with Gasteiger partial charge in [0.05, 0.1) is 0 Å². The molecule has 0 aliphatic carbocycles. The number of nitrogen functional groups attached to an aromatic ring is 1. The maximum Gasteiger partial charge on any atom is 0.125 e. The van der Waals surface area contributed by atoms with E-state index >= 15 is 0 Å². The standard InChI is InChI=1S/C12H20N4/c1-2-16-6-4-10(9-16)8-15-11-3-5-14-12(13)7-11/h3,5,7,10H,2,4,6,8-9H2,1H3,(H3,13,14,15). The molecule has 4 heteroatoms. The first-order valence-electron chi connectivity index (χ1n) is 5.95. The second kappa shape index (κ2) is 5.16. The molecular weight excluding hydrogens is 200 g/mol. The topological polar surface area (TPSA) is 54.2 Å². The van der Waals surface area contributed by atoms with Gasteiger partial charge >= 0.3 is 0 Å². The van der Waals surface area contributed by atoms with E-state index in [0.29, 0.717) is 5.82 Å². The Morgan fingerprint density at radius 1 is 1.62 bits per heavy atom.